The summed E-state index contributed by atoms with van der Waals surface area (Å²) < 4.78 is 24.4. The molecule has 6 rings (SSSR count). The van der Waals surface area contributed by atoms with Crippen LogP contribution in [-0.4, -0.2) is 53.5 Å². The number of aromatic nitrogens is 6. The molecule has 190 valence electrons. The predicted octanol–water partition coefficient (Wildman–Crippen LogP) is 3.50. The summed E-state index contributed by atoms with van der Waals surface area (Å²) in [4.78, 5) is 22.2. The topological polar surface area (TPSA) is 120 Å². The number of fused-ring (bicyclic) bond motifs is 1. The van der Waals surface area contributed by atoms with Gasteiger partial charge in [-0.15, -0.1) is 10.2 Å². The summed E-state index contributed by atoms with van der Waals surface area (Å²) in [5, 5.41) is 20.5. The maximum absolute atomic E-state index is 15.1. The minimum Gasteiger partial charge on any atom is -0.489 e. The molecule has 0 spiro atoms. The maximum Gasteiger partial charge on any atom is 0.259 e. The molecule has 1 amide bonds. The van der Waals surface area contributed by atoms with E-state index in [-0.39, 0.29) is 30.3 Å². The van der Waals surface area contributed by atoms with Crippen LogP contribution in [0.25, 0.3) is 17.2 Å². The quantitative estimate of drug-likeness (QED) is 0.378. The summed E-state index contributed by atoms with van der Waals surface area (Å²) in [5.41, 5.74) is 1.81. The SMILES string of the molecule is O=C(Nc1cccc(-c2nnc3n2CCCC3)n1)c1cc(-n2cnc(C3CC3)c2)c(OCCO)cc1F. The van der Waals surface area contributed by atoms with Gasteiger partial charge in [0.15, 0.2) is 5.82 Å². The van der Waals surface area contributed by atoms with Crippen molar-refractivity contribution >= 4 is 11.7 Å². The minimum atomic E-state index is -0.751. The van der Waals surface area contributed by atoms with Crippen LogP contribution in [0.1, 0.15) is 53.5 Å². The fourth-order valence-electron chi connectivity index (χ4n) is 4.56. The van der Waals surface area contributed by atoms with Crippen molar-refractivity contribution in [3.8, 4) is 23.0 Å². The van der Waals surface area contributed by atoms with Gasteiger partial charge >= 0.3 is 0 Å². The molecule has 3 aromatic heterocycles. The van der Waals surface area contributed by atoms with Crippen molar-refractivity contribution in [2.45, 2.75) is 44.6 Å². The summed E-state index contributed by atoms with van der Waals surface area (Å²) >= 11 is 0. The number of pyridine rings is 1. The van der Waals surface area contributed by atoms with E-state index in [9.17, 15) is 9.90 Å². The summed E-state index contributed by atoms with van der Waals surface area (Å²) in [6, 6.07) is 7.80. The molecule has 0 radical (unpaired) electrons. The maximum atomic E-state index is 15.1. The molecule has 0 unspecified atom stereocenters. The molecule has 37 heavy (non-hydrogen) atoms. The molecular weight excluding hydrogens is 477 g/mol. The molecule has 4 aromatic rings. The van der Waals surface area contributed by atoms with Gasteiger partial charge in [-0.05, 0) is 43.9 Å². The normalized spacial score (nSPS) is 14.9. The summed E-state index contributed by atoms with van der Waals surface area (Å²) in [5.74, 6) is 1.09. The predicted molar refractivity (Wildman–Crippen MR) is 132 cm³/mol. The highest BCUT2D eigenvalue weighted by atomic mass is 19.1. The van der Waals surface area contributed by atoms with Gasteiger partial charge in [0.05, 0.1) is 29.9 Å². The lowest BCUT2D eigenvalue weighted by molar-refractivity contribution is 0.102. The van der Waals surface area contributed by atoms with Crippen molar-refractivity contribution in [2.75, 3.05) is 18.5 Å². The Hall–Kier alpha value is -4.12. The smallest absolute Gasteiger partial charge is 0.259 e. The van der Waals surface area contributed by atoms with E-state index in [1.54, 1.807) is 23.0 Å². The molecule has 0 saturated heterocycles. The van der Waals surface area contributed by atoms with Crippen LogP contribution in [0.4, 0.5) is 10.2 Å². The van der Waals surface area contributed by atoms with E-state index in [1.165, 1.54) is 6.07 Å². The number of imidazole rings is 1. The number of aryl methyl sites for hydroxylation is 1. The van der Waals surface area contributed by atoms with E-state index >= 15 is 4.39 Å². The van der Waals surface area contributed by atoms with Gasteiger partial charge in [0.1, 0.15) is 35.5 Å². The number of halogens is 1. The number of anilines is 1. The van der Waals surface area contributed by atoms with Crippen LogP contribution in [0.3, 0.4) is 0 Å². The zero-order valence-electron chi connectivity index (χ0n) is 20.1. The fraction of sp³-hybridized carbons (Fsp3) is 0.346. The number of benzene rings is 1. The van der Waals surface area contributed by atoms with Crippen LogP contribution in [0.2, 0.25) is 0 Å². The van der Waals surface area contributed by atoms with Crippen molar-refractivity contribution in [3.05, 3.63) is 65.8 Å². The van der Waals surface area contributed by atoms with E-state index in [0.717, 1.165) is 56.2 Å². The molecule has 0 atom stereocenters. The van der Waals surface area contributed by atoms with E-state index in [4.69, 9.17) is 4.74 Å². The van der Waals surface area contributed by atoms with Crippen LogP contribution in [0.15, 0.2) is 42.9 Å². The standard InChI is InChI=1S/C26H26FN7O3/c27-18-13-22(37-11-10-35)21(33-14-20(28-15-33)16-7-8-16)12-17(18)26(36)30-23-5-3-4-19(29-23)25-32-31-24-6-1-2-9-34(24)25/h3-5,12-16,35H,1-2,6-11H2,(H,29,30,36). The number of aliphatic hydroxyl groups excluding tert-OH is 1. The summed E-state index contributed by atoms with van der Waals surface area (Å²) in [7, 11) is 0. The molecule has 0 bridgehead atoms. The van der Waals surface area contributed by atoms with Crippen molar-refractivity contribution < 1.29 is 19.0 Å². The van der Waals surface area contributed by atoms with Crippen molar-refractivity contribution in [3.63, 3.8) is 0 Å². The Morgan fingerprint density at radius 3 is 2.95 bits per heavy atom. The molecule has 1 aliphatic carbocycles. The van der Waals surface area contributed by atoms with E-state index < -0.39 is 11.7 Å². The average molecular weight is 504 g/mol. The minimum absolute atomic E-state index is 0.00872. The highest BCUT2D eigenvalue weighted by Gasteiger charge is 2.27. The Labute approximate surface area is 212 Å². The monoisotopic (exact) mass is 503 g/mol. The van der Waals surface area contributed by atoms with Crippen molar-refractivity contribution in [1.29, 1.82) is 0 Å². The van der Waals surface area contributed by atoms with Crippen LogP contribution in [0.5, 0.6) is 5.75 Å². The Balaban J connectivity index is 1.29. The lowest BCUT2D eigenvalue weighted by Gasteiger charge is -2.15. The number of aliphatic hydroxyl groups is 1. The molecule has 1 fully saturated rings. The number of hydrogen-bond donors (Lipinski definition) is 2. The average Bonchev–Trinajstić information content (AvgIpc) is 3.48. The number of nitrogens with one attached hydrogen (secondary N) is 1. The Kier molecular flexibility index (Phi) is 6.13. The number of hydrogen-bond acceptors (Lipinski definition) is 7. The molecule has 2 N–H and O–H groups in total. The van der Waals surface area contributed by atoms with Crippen LogP contribution in [-0.2, 0) is 13.0 Å². The number of amides is 1. The van der Waals surface area contributed by atoms with Gasteiger partial charge in [0.25, 0.3) is 5.91 Å². The molecule has 11 heteroatoms. The summed E-state index contributed by atoms with van der Waals surface area (Å²) in [6.07, 6.45) is 8.67. The molecule has 4 heterocycles. The van der Waals surface area contributed by atoms with Gasteiger partial charge < -0.3 is 24.3 Å². The zero-order valence-corrected chi connectivity index (χ0v) is 20.1. The first-order valence-electron chi connectivity index (χ1n) is 12.4. The molecule has 2 aliphatic rings. The van der Waals surface area contributed by atoms with Crippen molar-refractivity contribution in [2.24, 2.45) is 0 Å². The molecule has 1 aliphatic heterocycles. The number of ether oxygens (including phenoxy) is 1. The molecular formula is C26H26FN7O3. The first-order chi connectivity index (χ1) is 18.1. The first-order valence-corrected chi connectivity index (χ1v) is 12.4. The first kappa shape index (κ1) is 23.3. The number of rotatable bonds is 8. The van der Waals surface area contributed by atoms with Gasteiger partial charge in [-0.25, -0.2) is 14.4 Å². The van der Waals surface area contributed by atoms with Crippen molar-refractivity contribution in [1.82, 2.24) is 29.3 Å². The lowest BCUT2D eigenvalue weighted by Crippen LogP contribution is -2.16. The van der Waals surface area contributed by atoms with Crippen LogP contribution < -0.4 is 10.1 Å². The van der Waals surface area contributed by atoms with Gasteiger partial charge in [-0.1, -0.05) is 6.07 Å². The molecule has 10 nitrogen and oxygen atoms in total. The summed E-state index contributed by atoms with van der Waals surface area (Å²) in [6.45, 7) is 0.592. The highest BCUT2D eigenvalue weighted by Crippen LogP contribution is 2.39. The van der Waals surface area contributed by atoms with Gasteiger partial charge in [0.2, 0.25) is 0 Å². The lowest BCUT2D eigenvalue weighted by atomic mass is 10.1. The van der Waals surface area contributed by atoms with Gasteiger partial charge in [0, 0.05) is 31.1 Å². The van der Waals surface area contributed by atoms with E-state index in [0.29, 0.717) is 23.1 Å². The number of nitrogens with zero attached hydrogens (tertiary/aromatic N) is 6. The van der Waals surface area contributed by atoms with Crippen LogP contribution >= 0.6 is 0 Å². The van der Waals surface area contributed by atoms with E-state index in [1.807, 2.05) is 12.3 Å². The van der Waals surface area contributed by atoms with E-state index in [2.05, 4.69) is 30.0 Å². The Morgan fingerprint density at radius 1 is 1.22 bits per heavy atom. The second kappa shape index (κ2) is 9.74. The highest BCUT2D eigenvalue weighted by molar-refractivity contribution is 6.04. The largest absolute Gasteiger partial charge is 0.489 e. The van der Waals surface area contributed by atoms with Crippen LogP contribution in [0, 0.1) is 5.82 Å². The fourth-order valence-corrected chi connectivity index (χ4v) is 4.56. The Bertz CT molecular complexity index is 1460. The zero-order chi connectivity index (χ0) is 25.4. The second-order valence-corrected chi connectivity index (χ2v) is 9.26. The number of carbonyl (C=O) groups excluding carboxylic acids is 1. The third-order valence-electron chi connectivity index (χ3n) is 6.60. The van der Waals surface area contributed by atoms with Gasteiger partial charge in [-0.2, -0.15) is 0 Å². The number of carbonyl (C=O) groups is 1. The second-order valence-electron chi connectivity index (χ2n) is 9.26. The third-order valence-corrected chi connectivity index (χ3v) is 6.60. The molecule has 1 aromatic carbocycles. The Morgan fingerprint density at radius 2 is 2.11 bits per heavy atom. The third kappa shape index (κ3) is 4.69. The van der Waals surface area contributed by atoms with Gasteiger partial charge in [-0.3, -0.25) is 4.79 Å². The molecule has 1 saturated carbocycles.